The highest BCUT2D eigenvalue weighted by molar-refractivity contribution is 6.08. The molecule has 2 rings (SSSR count). The Bertz CT molecular complexity index is 1030. The average Bonchev–Trinajstić information content (AvgIpc) is 2.69. The zero-order valence-corrected chi connectivity index (χ0v) is 17.4. The van der Waals surface area contributed by atoms with Crippen LogP contribution in [0.25, 0.3) is 0 Å². The van der Waals surface area contributed by atoms with Crippen molar-refractivity contribution < 1.29 is 14.3 Å². The number of nitrogens with zero attached hydrogens (tertiary/aromatic N) is 2. The van der Waals surface area contributed by atoms with Crippen molar-refractivity contribution in [3.8, 4) is 0 Å². The molecule has 162 valence electrons. The normalized spacial score (nSPS) is 10.6. The predicted molar refractivity (Wildman–Crippen MR) is 115 cm³/mol. The summed E-state index contributed by atoms with van der Waals surface area (Å²) in [5, 5.41) is 2.61. The Morgan fingerprint density at radius 1 is 1.30 bits per heavy atom. The summed E-state index contributed by atoms with van der Waals surface area (Å²) >= 11 is 0. The molecule has 1 aromatic carbocycles. The molecule has 30 heavy (non-hydrogen) atoms. The van der Waals surface area contributed by atoms with Crippen molar-refractivity contribution in [2.75, 3.05) is 36.2 Å². The number of H-pyrrole nitrogens is 1. The molecule has 0 unspecified atom stereocenters. The Morgan fingerprint density at radius 3 is 2.67 bits per heavy atom. The van der Waals surface area contributed by atoms with Crippen LogP contribution in [0.15, 0.2) is 33.9 Å². The Hall–Kier alpha value is -3.40. The molecule has 4 N–H and O–H groups in total. The van der Waals surface area contributed by atoms with E-state index in [1.807, 2.05) is 6.92 Å². The van der Waals surface area contributed by atoms with E-state index in [2.05, 4.69) is 10.3 Å². The maximum absolute atomic E-state index is 13.3. The number of unbranched alkanes of at least 4 members (excludes halogenated alkanes) is 1. The molecule has 0 spiro atoms. The quantitative estimate of drug-likeness (QED) is 0.560. The highest BCUT2D eigenvalue weighted by Gasteiger charge is 2.25. The monoisotopic (exact) mass is 417 g/mol. The van der Waals surface area contributed by atoms with Crippen LogP contribution in [0.4, 0.5) is 17.2 Å². The maximum atomic E-state index is 13.3. The molecular formula is C20H27N5O5. The van der Waals surface area contributed by atoms with Crippen LogP contribution in [0.3, 0.4) is 0 Å². The van der Waals surface area contributed by atoms with Gasteiger partial charge in [0.25, 0.3) is 11.5 Å². The number of hydrogen-bond donors (Lipinski definition) is 3. The van der Waals surface area contributed by atoms with Crippen LogP contribution in [0.2, 0.25) is 0 Å². The van der Waals surface area contributed by atoms with Gasteiger partial charge in [-0.3, -0.25) is 28.8 Å². The number of hydrogen-bond acceptors (Lipinski definition) is 6. The number of nitrogens with two attached hydrogens (primary N) is 1. The van der Waals surface area contributed by atoms with E-state index in [1.54, 1.807) is 18.2 Å². The molecule has 0 saturated heterocycles. The molecule has 1 aromatic heterocycles. The lowest BCUT2D eigenvalue weighted by molar-refractivity contribution is -0.114. The lowest BCUT2D eigenvalue weighted by atomic mass is 10.1. The number of ether oxygens (including phenoxy) is 1. The minimum atomic E-state index is -0.757. The summed E-state index contributed by atoms with van der Waals surface area (Å²) in [5.74, 6) is -0.878. The minimum Gasteiger partial charge on any atom is -0.383 e. The van der Waals surface area contributed by atoms with Gasteiger partial charge in [0.2, 0.25) is 5.91 Å². The van der Waals surface area contributed by atoms with Gasteiger partial charge in [0.15, 0.2) is 5.69 Å². The summed E-state index contributed by atoms with van der Waals surface area (Å²) in [7, 11) is 1.47. The third-order valence-electron chi connectivity index (χ3n) is 4.41. The van der Waals surface area contributed by atoms with Crippen molar-refractivity contribution in [1.82, 2.24) is 9.55 Å². The van der Waals surface area contributed by atoms with Crippen molar-refractivity contribution in [2.45, 2.75) is 33.2 Å². The lowest BCUT2D eigenvalue weighted by Crippen LogP contribution is -2.42. The Balaban J connectivity index is 2.55. The van der Waals surface area contributed by atoms with Gasteiger partial charge in [0, 0.05) is 38.4 Å². The van der Waals surface area contributed by atoms with Crippen LogP contribution in [0, 0.1) is 0 Å². The largest absolute Gasteiger partial charge is 0.383 e. The van der Waals surface area contributed by atoms with Crippen molar-refractivity contribution >= 4 is 29.0 Å². The van der Waals surface area contributed by atoms with Gasteiger partial charge in [-0.25, -0.2) is 4.79 Å². The Kier molecular flexibility index (Phi) is 7.93. The van der Waals surface area contributed by atoms with E-state index in [1.165, 1.54) is 29.6 Å². The second-order valence-electron chi connectivity index (χ2n) is 6.71. The van der Waals surface area contributed by atoms with E-state index in [0.717, 1.165) is 6.42 Å². The molecule has 1 heterocycles. The Labute approximate surface area is 173 Å². The standard InChI is InChI=1S/C20H27N5O5/c1-4-5-9-25-17(21)16(18(27)23-20(25)29)24(10-11-30-3)19(28)14-7-6-8-15(12-14)22-13(2)26/h6-8,12H,4-5,9-11,21H2,1-3H3,(H,22,26)(H,23,27,29). The van der Waals surface area contributed by atoms with Crippen molar-refractivity contribution in [3.63, 3.8) is 0 Å². The fraction of sp³-hybridized carbons (Fsp3) is 0.400. The highest BCUT2D eigenvalue weighted by atomic mass is 16.5. The van der Waals surface area contributed by atoms with Crippen LogP contribution in [0.1, 0.15) is 37.0 Å². The van der Waals surface area contributed by atoms with Crippen molar-refractivity contribution in [2.24, 2.45) is 0 Å². The molecule has 0 aliphatic carbocycles. The number of methoxy groups -OCH3 is 1. The molecule has 0 radical (unpaired) electrons. The molecule has 0 fully saturated rings. The first kappa shape index (κ1) is 22.9. The minimum absolute atomic E-state index is 0.0406. The van der Waals surface area contributed by atoms with Gasteiger partial charge in [-0.15, -0.1) is 0 Å². The van der Waals surface area contributed by atoms with E-state index in [4.69, 9.17) is 10.5 Å². The molecule has 10 heteroatoms. The first-order valence-corrected chi connectivity index (χ1v) is 9.61. The third-order valence-corrected chi connectivity index (χ3v) is 4.41. The van der Waals surface area contributed by atoms with Gasteiger partial charge < -0.3 is 15.8 Å². The number of aromatic nitrogens is 2. The molecule has 0 bridgehead atoms. The summed E-state index contributed by atoms with van der Waals surface area (Å²) in [4.78, 5) is 52.8. The second kappa shape index (κ2) is 10.4. The maximum Gasteiger partial charge on any atom is 0.330 e. The number of benzene rings is 1. The molecule has 10 nitrogen and oxygen atoms in total. The van der Waals surface area contributed by atoms with Crippen molar-refractivity contribution in [3.05, 3.63) is 50.7 Å². The zero-order chi connectivity index (χ0) is 22.3. The van der Waals surface area contributed by atoms with E-state index >= 15 is 0 Å². The third kappa shape index (κ3) is 5.35. The van der Waals surface area contributed by atoms with Gasteiger partial charge in [-0.2, -0.15) is 0 Å². The number of rotatable bonds is 9. The summed E-state index contributed by atoms with van der Waals surface area (Å²) in [6.45, 7) is 3.82. The first-order valence-electron chi connectivity index (χ1n) is 9.61. The predicted octanol–water partition coefficient (Wildman–Crippen LogP) is 1.17. The lowest BCUT2D eigenvalue weighted by Gasteiger charge is -2.24. The van der Waals surface area contributed by atoms with Gasteiger partial charge in [-0.1, -0.05) is 19.4 Å². The number of nitrogen functional groups attached to an aromatic ring is 1. The molecule has 0 saturated carbocycles. The van der Waals surface area contributed by atoms with Crippen LogP contribution in [0.5, 0.6) is 0 Å². The van der Waals surface area contributed by atoms with Gasteiger partial charge in [-0.05, 0) is 24.6 Å². The number of anilines is 3. The fourth-order valence-corrected chi connectivity index (χ4v) is 2.96. The fourth-order valence-electron chi connectivity index (χ4n) is 2.96. The molecule has 0 aliphatic heterocycles. The SMILES string of the molecule is CCCCn1c(N)c(N(CCOC)C(=O)c2cccc(NC(C)=O)c2)c(=O)[nH]c1=O. The van der Waals surface area contributed by atoms with Crippen LogP contribution >= 0.6 is 0 Å². The smallest absolute Gasteiger partial charge is 0.330 e. The topological polar surface area (TPSA) is 140 Å². The molecule has 0 atom stereocenters. The molecule has 0 aliphatic rings. The van der Waals surface area contributed by atoms with Gasteiger partial charge in [0.05, 0.1) is 6.61 Å². The van der Waals surface area contributed by atoms with Crippen molar-refractivity contribution in [1.29, 1.82) is 0 Å². The molecular weight excluding hydrogens is 390 g/mol. The second-order valence-corrected chi connectivity index (χ2v) is 6.71. The average molecular weight is 417 g/mol. The van der Waals surface area contributed by atoms with Crippen LogP contribution in [-0.2, 0) is 16.1 Å². The van der Waals surface area contributed by atoms with E-state index < -0.39 is 17.2 Å². The van der Waals surface area contributed by atoms with E-state index in [-0.39, 0.29) is 36.1 Å². The van der Waals surface area contributed by atoms with E-state index in [0.29, 0.717) is 18.7 Å². The number of nitrogens with one attached hydrogen (secondary N) is 2. The molecule has 2 aromatic rings. The van der Waals surface area contributed by atoms with Gasteiger partial charge >= 0.3 is 5.69 Å². The highest BCUT2D eigenvalue weighted by Crippen LogP contribution is 2.21. The zero-order valence-electron chi connectivity index (χ0n) is 17.4. The molecule has 2 amide bonds. The van der Waals surface area contributed by atoms with Crippen LogP contribution < -0.4 is 27.2 Å². The number of amides is 2. The first-order chi connectivity index (χ1) is 14.3. The Morgan fingerprint density at radius 2 is 2.03 bits per heavy atom. The summed E-state index contributed by atoms with van der Waals surface area (Å²) in [5.41, 5.74) is 5.35. The number of carbonyl (C=O) groups is 2. The summed E-state index contributed by atoms with van der Waals surface area (Å²) in [6.07, 6.45) is 1.50. The number of aromatic amines is 1. The summed E-state index contributed by atoms with van der Waals surface area (Å²) in [6, 6.07) is 6.32. The summed E-state index contributed by atoms with van der Waals surface area (Å²) < 4.78 is 6.33. The van der Waals surface area contributed by atoms with Gasteiger partial charge in [0.1, 0.15) is 5.82 Å². The van der Waals surface area contributed by atoms with Crippen LogP contribution in [-0.4, -0.2) is 41.6 Å². The van der Waals surface area contributed by atoms with E-state index in [9.17, 15) is 19.2 Å². The number of carbonyl (C=O) groups excluding carboxylic acids is 2.